The summed E-state index contributed by atoms with van der Waals surface area (Å²) in [5.74, 6) is 0.319. The molecule has 2 aromatic rings. The van der Waals surface area contributed by atoms with E-state index in [1.165, 1.54) is 36.0 Å². The highest BCUT2D eigenvalue weighted by Gasteiger charge is 2.27. The van der Waals surface area contributed by atoms with Gasteiger partial charge in [-0.15, -0.1) is 11.8 Å². The number of aliphatic hydroxyl groups is 1. The molecule has 1 fully saturated rings. The minimum Gasteiger partial charge on any atom is -0.491 e. The summed E-state index contributed by atoms with van der Waals surface area (Å²) in [7, 11) is 0. The van der Waals surface area contributed by atoms with Crippen LogP contribution in [0, 0.1) is 5.82 Å². The average Bonchev–Trinajstić information content (AvgIpc) is 3.15. The molecule has 1 aliphatic rings. The van der Waals surface area contributed by atoms with Crippen molar-refractivity contribution in [3.8, 4) is 5.75 Å². The third kappa shape index (κ3) is 5.03. The van der Waals surface area contributed by atoms with Crippen LogP contribution in [0.15, 0.2) is 53.4 Å². The molecule has 0 bridgehead atoms. The predicted octanol–water partition coefficient (Wildman–Crippen LogP) is 2.71. The Morgan fingerprint density at radius 1 is 1.26 bits per heavy atom. The molecule has 1 saturated heterocycles. The maximum Gasteiger partial charge on any atom is 0.217 e. The van der Waals surface area contributed by atoms with E-state index in [9.17, 15) is 19.1 Å². The van der Waals surface area contributed by atoms with Gasteiger partial charge in [-0.25, -0.2) is 4.39 Å². The molecular formula is C20H18FNO4S. The van der Waals surface area contributed by atoms with Crippen LogP contribution < -0.4 is 10.1 Å². The topological polar surface area (TPSA) is 75.6 Å². The Bertz CT molecular complexity index is 836. The lowest BCUT2D eigenvalue weighted by Gasteiger charge is -2.13. The van der Waals surface area contributed by atoms with Crippen LogP contribution in [0.1, 0.15) is 17.2 Å². The summed E-state index contributed by atoms with van der Waals surface area (Å²) >= 11 is 1.49. The molecule has 0 radical (unpaired) electrons. The number of carbonyl (C=O) groups excluding carboxylic acids is 2. The Labute approximate surface area is 160 Å². The van der Waals surface area contributed by atoms with Crippen molar-refractivity contribution in [3.63, 3.8) is 0 Å². The van der Waals surface area contributed by atoms with Gasteiger partial charge >= 0.3 is 0 Å². The van der Waals surface area contributed by atoms with Crippen molar-refractivity contribution in [1.29, 1.82) is 0 Å². The standard InChI is InChI=1S/C20H18FNO4S/c21-15-5-3-14(4-6-15)18(25)11-26-16-7-1-13(2-8-16)9-19-20(17(24)10-23)22-12-27-19/h1-10,18,20,22,25H,11-12H2. The summed E-state index contributed by atoms with van der Waals surface area (Å²) in [6.07, 6.45) is 1.33. The third-order valence-corrected chi connectivity index (χ3v) is 5.06. The molecule has 27 heavy (non-hydrogen) atoms. The van der Waals surface area contributed by atoms with Crippen molar-refractivity contribution in [2.45, 2.75) is 12.1 Å². The molecule has 0 amide bonds. The van der Waals surface area contributed by atoms with Crippen molar-refractivity contribution in [2.75, 3.05) is 12.5 Å². The lowest BCUT2D eigenvalue weighted by Crippen LogP contribution is -2.32. The molecule has 7 heteroatoms. The van der Waals surface area contributed by atoms with E-state index in [1.54, 1.807) is 12.1 Å². The quantitative estimate of drug-likeness (QED) is 0.562. The second-order valence-corrected chi connectivity index (χ2v) is 6.99. The molecule has 1 aliphatic heterocycles. The van der Waals surface area contributed by atoms with Crippen LogP contribution in [0.4, 0.5) is 4.39 Å². The largest absolute Gasteiger partial charge is 0.491 e. The Morgan fingerprint density at radius 2 is 1.96 bits per heavy atom. The molecule has 2 aromatic carbocycles. The lowest BCUT2D eigenvalue weighted by molar-refractivity contribution is -0.130. The van der Waals surface area contributed by atoms with Gasteiger partial charge in [0.25, 0.3) is 0 Å². The van der Waals surface area contributed by atoms with Crippen molar-refractivity contribution < 1.29 is 23.8 Å². The summed E-state index contributed by atoms with van der Waals surface area (Å²) in [5.41, 5.74) is 1.45. The van der Waals surface area contributed by atoms with Gasteiger partial charge in [0.2, 0.25) is 5.78 Å². The van der Waals surface area contributed by atoms with Gasteiger partial charge in [-0.05, 0) is 41.5 Å². The summed E-state index contributed by atoms with van der Waals surface area (Å²) in [6, 6.07) is 12.2. The van der Waals surface area contributed by atoms with E-state index in [0.717, 1.165) is 10.5 Å². The first-order chi connectivity index (χ1) is 13.1. The fraction of sp³-hybridized carbons (Fsp3) is 0.200. The number of aldehydes is 1. The molecule has 0 spiro atoms. The van der Waals surface area contributed by atoms with E-state index >= 15 is 0 Å². The van der Waals surface area contributed by atoms with Crippen molar-refractivity contribution in [3.05, 3.63) is 70.4 Å². The maximum atomic E-state index is 12.9. The van der Waals surface area contributed by atoms with E-state index in [-0.39, 0.29) is 12.4 Å². The molecule has 0 saturated carbocycles. The van der Waals surface area contributed by atoms with Crippen LogP contribution in [0.2, 0.25) is 0 Å². The van der Waals surface area contributed by atoms with Crippen LogP contribution in [-0.4, -0.2) is 35.7 Å². The zero-order valence-corrected chi connectivity index (χ0v) is 15.1. The van der Waals surface area contributed by atoms with Gasteiger partial charge in [0, 0.05) is 10.8 Å². The minimum atomic E-state index is -0.858. The van der Waals surface area contributed by atoms with Gasteiger partial charge in [0.1, 0.15) is 30.3 Å². The number of carbonyl (C=O) groups is 2. The smallest absolute Gasteiger partial charge is 0.217 e. The molecule has 3 rings (SSSR count). The summed E-state index contributed by atoms with van der Waals surface area (Å²) in [5, 5.41) is 13.1. The number of thioether (sulfide) groups is 1. The van der Waals surface area contributed by atoms with E-state index in [1.807, 2.05) is 18.2 Å². The van der Waals surface area contributed by atoms with Gasteiger partial charge < -0.3 is 9.84 Å². The summed E-state index contributed by atoms with van der Waals surface area (Å²) in [4.78, 5) is 23.1. The number of aliphatic hydroxyl groups excluding tert-OH is 1. The fourth-order valence-electron chi connectivity index (χ4n) is 2.61. The number of ether oxygens (including phenoxy) is 1. The number of ketones is 1. The summed E-state index contributed by atoms with van der Waals surface area (Å²) < 4.78 is 18.5. The van der Waals surface area contributed by atoms with Gasteiger partial charge in [-0.1, -0.05) is 24.3 Å². The van der Waals surface area contributed by atoms with Crippen LogP contribution in [0.25, 0.3) is 6.08 Å². The first-order valence-electron chi connectivity index (χ1n) is 8.30. The maximum absolute atomic E-state index is 12.9. The number of Topliss-reactive ketones (excluding diaryl/α,β-unsaturated/α-hetero) is 1. The van der Waals surface area contributed by atoms with Crippen LogP contribution in [0.3, 0.4) is 0 Å². The second kappa shape index (κ2) is 8.94. The molecule has 2 atom stereocenters. The normalized spacial score (nSPS) is 19.0. The molecule has 140 valence electrons. The highest BCUT2D eigenvalue weighted by atomic mass is 32.2. The lowest BCUT2D eigenvalue weighted by atomic mass is 10.1. The van der Waals surface area contributed by atoms with Gasteiger partial charge in [-0.3, -0.25) is 14.9 Å². The molecule has 2 N–H and O–H groups in total. The fourth-order valence-corrected chi connectivity index (χ4v) is 3.61. The number of halogens is 1. The van der Waals surface area contributed by atoms with Crippen molar-refractivity contribution in [2.24, 2.45) is 0 Å². The van der Waals surface area contributed by atoms with Crippen LogP contribution in [-0.2, 0) is 9.59 Å². The number of hydrogen-bond acceptors (Lipinski definition) is 6. The number of nitrogens with one attached hydrogen (secondary N) is 1. The number of benzene rings is 2. The first-order valence-corrected chi connectivity index (χ1v) is 9.28. The Kier molecular flexibility index (Phi) is 6.39. The van der Waals surface area contributed by atoms with E-state index in [2.05, 4.69) is 5.32 Å². The zero-order chi connectivity index (χ0) is 19.2. The minimum absolute atomic E-state index is 0.0434. The highest BCUT2D eigenvalue weighted by Crippen LogP contribution is 2.28. The van der Waals surface area contributed by atoms with Gasteiger partial charge in [0.15, 0.2) is 6.29 Å². The third-order valence-electron chi connectivity index (χ3n) is 4.06. The Hall–Kier alpha value is -2.48. The van der Waals surface area contributed by atoms with Gasteiger partial charge in [-0.2, -0.15) is 0 Å². The molecule has 2 unspecified atom stereocenters. The van der Waals surface area contributed by atoms with Crippen LogP contribution in [0.5, 0.6) is 5.75 Å². The monoisotopic (exact) mass is 387 g/mol. The van der Waals surface area contributed by atoms with Crippen LogP contribution >= 0.6 is 11.8 Å². The highest BCUT2D eigenvalue weighted by molar-refractivity contribution is 8.03. The molecular weight excluding hydrogens is 369 g/mol. The molecule has 0 aliphatic carbocycles. The molecule has 1 heterocycles. The van der Waals surface area contributed by atoms with Crippen molar-refractivity contribution in [1.82, 2.24) is 5.32 Å². The van der Waals surface area contributed by atoms with E-state index < -0.39 is 17.9 Å². The second-order valence-electron chi connectivity index (χ2n) is 5.94. The molecule has 5 nitrogen and oxygen atoms in total. The SMILES string of the molecule is O=CC(=O)C1NCSC1=Cc1ccc(OCC(O)c2ccc(F)cc2)cc1. The van der Waals surface area contributed by atoms with E-state index in [0.29, 0.717) is 23.5 Å². The first kappa shape index (κ1) is 19.3. The average molecular weight is 387 g/mol. The number of hydrogen-bond donors (Lipinski definition) is 2. The Balaban J connectivity index is 1.60. The van der Waals surface area contributed by atoms with E-state index in [4.69, 9.17) is 4.74 Å². The predicted molar refractivity (Wildman–Crippen MR) is 102 cm³/mol. The summed E-state index contributed by atoms with van der Waals surface area (Å²) in [6.45, 7) is 0.0434. The Morgan fingerprint density at radius 3 is 2.63 bits per heavy atom. The van der Waals surface area contributed by atoms with Crippen molar-refractivity contribution >= 4 is 29.9 Å². The zero-order valence-electron chi connectivity index (χ0n) is 14.3. The van der Waals surface area contributed by atoms with Gasteiger partial charge in [0.05, 0.1) is 0 Å². The number of rotatable bonds is 7. The molecule has 0 aromatic heterocycles.